The summed E-state index contributed by atoms with van der Waals surface area (Å²) in [5.41, 5.74) is 3.22. The lowest BCUT2D eigenvalue weighted by Gasteiger charge is -2.23. The van der Waals surface area contributed by atoms with E-state index in [1.54, 1.807) is 12.3 Å². The third-order valence-corrected chi connectivity index (χ3v) is 3.55. The first kappa shape index (κ1) is 17.0. The third-order valence-electron chi connectivity index (χ3n) is 3.55. The van der Waals surface area contributed by atoms with Gasteiger partial charge in [0.25, 0.3) is 5.91 Å². The fraction of sp³-hybridized carbons (Fsp3) is 0.368. The van der Waals surface area contributed by atoms with Crippen LogP contribution in [0.15, 0.2) is 42.6 Å². The molecule has 4 nitrogen and oxygen atoms in total. The van der Waals surface area contributed by atoms with E-state index in [1.165, 1.54) is 0 Å². The molecule has 0 atom stereocenters. The van der Waals surface area contributed by atoms with Crippen molar-refractivity contribution in [3.63, 3.8) is 0 Å². The minimum Gasteiger partial charge on any atom is -0.385 e. The summed E-state index contributed by atoms with van der Waals surface area (Å²) in [7, 11) is 0. The molecule has 0 aliphatic heterocycles. The van der Waals surface area contributed by atoms with Crippen LogP contribution in [0.3, 0.4) is 0 Å². The molecule has 122 valence electrons. The first-order chi connectivity index (χ1) is 10.9. The minimum absolute atomic E-state index is 0.0398. The number of para-hydroxylation sites is 1. The summed E-state index contributed by atoms with van der Waals surface area (Å²) in [6.07, 6.45) is 2.69. The summed E-state index contributed by atoms with van der Waals surface area (Å²) in [6, 6.07) is 11.5. The molecule has 0 unspecified atom stereocenters. The van der Waals surface area contributed by atoms with Crippen LogP contribution >= 0.6 is 0 Å². The summed E-state index contributed by atoms with van der Waals surface area (Å²) < 4.78 is 0. The highest BCUT2D eigenvalue weighted by Gasteiger charge is 2.19. The molecule has 0 aliphatic carbocycles. The van der Waals surface area contributed by atoms with E-state index in [9.17, 15) is 4.79 Å². The summed E-state index contributed by atoms with van der Waals surface area (Å²) in [5.74, 6) is -0.193. The maximum absolute atomic E-state index is 12.5. The van der Waals surface area contributed by atoms with E-state index < -0.39 is 0 Å². The highest BCUT2D eigenvalue weighted by atomic mass is 16.1. The second-order valence-electron chi connectivity index (χ2n) is 6.61. The van der Waals surface area contributed by atoms with E-state index in [0.717, 1.165) is 29.9 Å². The number of benzene rings is 1. The normalized spacial score (nSPS) is 11.1. The first-order valence-corrected chi connectivity index (χ1v) is 8.02. The molecule has 2 rings (SSSR count). The molecule has 1 amide bonds. The van der Waals surface area contributed by atoms with E-state index in [1.807, 2.05) is 30.3 Å². The standard InChI is InChI=1S/C19H25N3O/c1-5-11-20-14-10-12-21-17(13-14)18(23)22-16-9-7-6-8-15(16)19(2,3)4/h6-10,12-13H,5,11H2,1-4H3,(H,20,21)(H,22,23). The van der Waals surface area contributed by atoms with Gasteiger partial charge in [-0.3, -0.25) is 9.78 Å². The largest absolute Gasteiger partial charge is 0.385 e. The van der Waals surface area contributed by atoms with Crippen molar-refractivity contribution >= 4 is 17.3 Å². The van der Waals surface area contributed by atoms with E-state index in [0.29, 0.717) is 5.69 Å². The monoisotopic (exact) mass is 311 g/mol. The third kappa shape index (κ3) is 4.55. The minimum atomic E-state index is -0.193. The zero-order valence-electron chi connectivity index (χ0n) is 14.3. The van der Waals surface area contributed by atoms with Crippen LogP contribution in [0.2, 0.25) is 0 Å². The Bertz CT molecular complexity index is 674. The van der Waals surface area contributed by atoms with Gasteiger partial charge in [0.2, 0.25) is 0 Å². The van der Waals surface area contributed by atoms with Gasteiger partial charge in [-0.15, -0.1) is 0 Å². The Morgan fingerprint density at radius 2 is 1.91 bits per heavy atom. The van der Waals surface area contributed by atoms with Crippen molar-refractivity contribution in [3.05, 3.63) is 53.9 Å². The van der Waals surface area contributed by atoms with Crippen LogP contribution in [0.4, 0.5) is 11.4 Å². The lowest BCUT2D eigenvalue weighted by atomic mass is 9.86. The van der Waals surface area contributed by atoms with E-state index >= 15 is 0 Å². The van der Waals surface area contributed by atoms with E-state index in [-0.39, 0.29) is 11.3 Å². The molecule has 0 spiro atoms. The average Bonchev–Trinajstić information content (AvgIpc) is 2.52. The summed E-state index contributed by atoms with van der Waals surface area (Å²) in [4.78, 5) is 16.7. The molecule has 0 saturated carbocycles. The van der Waals surface area contributed by atoms with Gasteiger partial charge in [-0.2, -0.15) is 0 Å². The topological polar surface area (TPSA) is 54.0 Å². The van der Waals surface area contributed by atoms with E-state index in [2.05, 4.69) is 43.3 Å². The van der Waals surface area contributed by atoms with Gasteiger partial charge in [0.15, 0.2) is 0 Å². The fourth-order valence-electron chi connectivity index (χ4n) is 2.37. The quantitative estimate of drug-likeness (QED) is 0.857. The van der Waals surface area contributed by atoms with Crippen LogP contribution in [0.5, 0.6) is 0 Å². The van der Waals surface area contributed by atoms with Crippen molar-refractivity contribution in [2.45, 2.75) is 39.5 Å². The zero-order chi connectivity index (χ0) is 16.9. The maximum Gasteiger partial charge on any atom is 0.274 e. The number of hydrogen-bond acceptors (Lipinski definition) is 3. The molecule has 23 heavy (non-hydrogen) atoms. The second kappa shape index (κ2) is 7.27. The Balaban J connectivity index is 2.20. The Hall–Kier alpha value is -2.36. The number of carbonyl (C=O) groups is 1. The van der Waals surface area contributed by atoms with Gasteiger partial charge in [0.1, 0.15) is 5.69 Å². The molecule has 1 heterocycles. The van der Waals surface area contributed by atoms with Crippen molar-refractivity contribution < 1.29 is 4.79 Å². The van der Waals surface area contributed by atoms with Gasteiger partial charge in [-0.1, -0.05) is 45.9 Å². The van der Waals surface area contributed by atoms with Gasteiger partial charge >= 0.3 is 0 Å². The molecule has 0 radical (unpaired) electrons. The van der Waals surface area contributed by atoms with Crippen molar-refractivity contribution in [2.24, 2.45) is 0 Å². The summed E-state index contributed by atoms with van der Waals surface area (Å²) in [6.45, 7) is 9.37. The molecular formula is C19H25N3O. The van der Waals surface area contributed by atoms with Crippen LogP contribution in [-0.2, 0) is 5.41 Å². The first-order valence-electron chi connectivity index (χ1n) is 8.02. The number of anilines is 2. The number of amides is 1. The molecule has 0 fully saturated rings. The Morgan fingerprint density at radius 3 is 2.61 bits per heavy atom. The number of aromatic nitrogens is 1. The van der Waals surface area contributed by atoms with Crippen molar-refractivity contribution in [3.8, 4) is 0 Å². The number of nitrogens with zero attached hydrogens (tertiary/aromatic N) is 1. The number of hydrogen-bond donors (Lipinski definition) is 2. The number of rotatable bonds is 5. The van der Waals surface area contributed by atoms with Crippen LogP contribution in [0.1, 0.15) is 50.2 Å². The maximum atomic E-state index is 12.5. The summed E-state index contributed by atoms with van der Waals surface area (Å²) in [5, 5.41) is 6.26. The zero-order valence-corrected chi connectivity index (χ0v) is 14.3. The SMILES string of the molecule is CCCNc1ccnc(C(=O)Nc2ccccc2C(C)(C)C)c1. The van der Waals surface area contributed by atoms with Crippen LogP contribution in [-0.4, -0.2) is 17.4 Å². The van der Waals surface area contributed by atoms with Gasteiger partial charge in [0, 0.05) is 24.1 Å². The molecule has 0 bridgehead atoms. The van der Waals surface area contributed by atoms with Crippen LogP contribution in [0, 0.1) is 0 Å². The average molecular weight is 311 g/mol. The molecule has 2 N–H and O–H groups in total. The van der Waals surface area contributed by atoms with E-state index in [4.69, 9.17) is 0 Å². The van der Waals surface area contributed by atoms with Crippen molar-refractivity contribution in [2.75, 3.05) is 17.2 Å². The molecule has 0 aliphatic rings. The smallest absolute Gasteiger partial charge is 0.274 e. The molecule has 1 aromatic carbocycles. The highest BCUT2D eigenvalue weighted by Crippen LogP contribution is 2.29. The lowest BCUT2D eigenvalue weighted by molar-refractivity contribution is 0.102. The number of carbonyl (C=O) groups excluding carboxylic acids is 1. The van der Waals surface area contributed by atoms with Gasteiger partial charge in [0.05, 0.1) is 0 Å². The predicted molar refractivity (Wildman–Crippen MR) is 96.1 cm³/mol. The highest BCUT2D eigenvalue weighted by molar-refractivity contribution is 6.03. The predicted octanol–water partition coefficient (Wildman–Crippen LogP) is 4.45. The van der Waals surface area contributed by atoms with Crippen molar-refractivity contribution in [1.82, 2.24) is 4.98 Å². The number of pyridine rings is 1. The molecule has 0 saturated heterocycles. The van der Waals surface area contributed by atoms with Gasteiger partial charge in [-0.05, 0) is 35.6 Å². The lowest BCUT2D eigenvalue weighted by Crippen LogP contribution is -2.19. The van der Waals surface area contributed by atoms with Crippen molar-refractivity contribution in [1.29, 1.82) is 0 Å². The van der Waals surface area contributed by atoms with Gasteiger partial charge in [-0.25, -0.2) is 0 Å². The molecule has 1 aromatic heterocycles. The fourth-order valence-corrected chi connectivity index (χ4v) is 2.37. The molecular weight excluding hydrogens is 286 g/mol. The number of nitrogens with one attached hydrogen (secondary N) is 2. The van der Waals surface area contributed by atoms with Crippen LogP contribution in [0.25, 0.3) is 0 Å². The molecule has 2 aromatic rings. The van der Waals surface area contributed by atoms with Gasteiger partial charge < -0.3 is 10.6 Å². The second-order valence-corrected chi connectivity index (χ2v) is 6.61. The Kier molecular flexibility index (Phi) is 5.37. The molecule has 4 heteroatoms. The summed E-state index contributed by atoms with van der Waals surface area (Å²) >= 11 is 0. The Labute approximate surface area is 138 Å². The Morgan fingerprint density at radius 1 is 1.17 bits per heavy atom. The van der Waals surface area contributed by atoms with Crippen LogP contribution < -0.4 is 10.6 Å².